The van der Waals surface area contributed by atoms with Gasteiger partial charge in [0.1, 0.15) is 0 Å². The molecule has 0 saturated heterocycles. The lowest BCUT2D eigenvalue weighted by atomic mass is 10.1. The number of fused-ring (bicyclic) bond motifs is 1. The van der Waals surface area contributed by atoms with E-state index >= 15 is 0 Å². The van der Waals surface area contributed by atoms with Crippen molar-refractivity contribution in [3.63, 3.8) is 0 Å². The van der Waals surface area contributed by atoms with Crippen molar-refractivity contribution in [3.8, 4) is 0 Å². The van der Waals surface area contributed by atoms with Gasteiger partial charge in [-0.3, -0.25) is 0 Å². The van der Waals surface area contributed by atoms with Gasteiger partial charge in [0.25, 0.3) is 0 Å². The maximum atomic E-state index is 6.13. The Balaban J connectivity index is 2.23. The molecular formula is C12H15ClN4. The molecule has 3 rings (SSSR count). The van der Waals surface area contributed by atoms with Crippen molar-refractivity contribution in [2.24, 2.45) is 5.41 Å². The van der Waals surface area contributed by atoms with E-state index in [1.807, 2.05) is 18.4 Å². The van der Waals surface area contributed by atoms with Crippen LogP contribution in [0.15, 0.2) is 0 Å². The molecule has 0 radical (unpaired) electrons. The minimum Gasteiger partial charge on any atom is -0.195 e. The molecule has 5 heteroatoms. The third-order valence-electron chi connectivity index (χ3n) is 3.89. The predicted octanol–water partition coefficient (Wildman–Crippen LogP) is 2.91. The molecule has 2 aromatic heterocycles. The van der Waals surface area contributed by atoms with Crippen LogP contribution in [0, 0.1) is 19.3 Å². The van der Waals surface area contributed by atoms with E-state index in [0.717, 1.165) is 29.0 Å². The highest BCUT2D eigenvalue weighted by Crippen LogP contribution is 2.57. The molecule has 1 fully saturated rings. The molecule has 1 aliphatic rings. The Morgan fingerprint density at radius 1 is 1.24 bits per heavy atom. The molecule has 0 bridgehead atoms. The SMILES string of the molecule is Cc1c(Cl)nn2c(C3CC3(C)C)nnc2c1C. The molecule has 0 amide bonds. The molecule has 0 spiro atoms. The van der Waals surface area contributed by atoms with Crippen molar-refractivity contribution in [1.82, 2.24) is 19.8 Å². The topological polar surface area (TPSA) is 43.1 Å². The summed E-state index contributed by atoms with van der Waals surface area (Å²) in [6.45, 7) is 8.44. The maximum absolute atomic E-state index is 6.13. The van der Waals surface area contributed by atoms with Gasteiger partial charge in [-0.05, 0) is 31.2 Å². The Morgan fingerprint density at radius 2 is 1.88 bits per heavy atom. The molecule has 0 aliphatic heterocycles. The number of aromatic nitrogens is 4. The van der Waals surface area contributed by atoms with Crippen LogP contribution in [0.5, 0.6) is 0 Å². The third kappa shape index (κ3) is 1.47. The summed E-state index contributed by atoms with van der Waals surface area (Å²) in [5.74, 6) is 1.39. The smallest absolute Gasteiger partial charge is 0.181 e. The summed E-state index contributed by atoms with van der Waals surface area (Å²) in [7, 11) is 0. The Labute approximate surface area is 105 Å². The summed E-state index contributed by atoms with van der Waals surface area (Å²) in [6.07, 6.45) is 1.14. The highest BCUT2D eigenvalue weighted by molar-refractivity contribution is 6.30. The van der Waals surface area contributed by atoms with Gasteiger partial charge in [-0.2, -0.15) is 9.61 Å². The lowest BCUT2D eigenvalue weighted by Crippen LogP contribution is -2.03. The number of rotatable bonds is 1. The predicted molar refractivity (Wildman–Crippen MR) is 66.4 cm³/mol. The van der Waals surface area contributed by atoms with Crippen LogP contribution in [0.3, 0.4) is 0 Å². The van der Waals surface area contributed by atoms with E-state index in [4.69, 9.17) is 11.6 Å². The summed E-state index contributed by atoms with van der Waals surface area (Å²) in [5, 5.41) is 13.4. The van der Waals surface area contributed by atoms with Gasteiger partial charge in [-0.15, -0.1) is 10.2 Å². The Morgan fingerprint density at radius 3 is 2.47 bits per heavy atom. The van der Waals surface area contributed by atoms with E-state index in [-0.39, 0.29) is 0 Å². The molecule has 1 saturated carbocycles. The first-order chi connectivity index (χ1) is 7.92. The third-order valence-corrected chi connectivity index (χ3v) is 4.24. The van der Waals surface area contributed by atoms with Crippen LogP contribution < -0.4 is 0 Å². The zero-order valence-corrected chi connectivity index (χ0v) is 11.2. The molecule has 2 heterocycles. The van der Waals surface area contributed by atoms with Gasteiger partial charge < -0.3 is 0 Å². The molecule has 0 N–H and O–H groups in total. The number of aryl methyl sites for hydroxylation is 1. The second-order valence-corrected chi connectivity index (χ2v) is 5.94. The molecule has 0 aromatic carbocycles. The zero-order chi connectivity index (χ0) is 12.4. The normalized spacial score (nSPS) is 22.1. The van der Waals surface area contributed by atoms with Crippen molar-refractivity contribution in [3.05, 3.63) is 22.1 Å². The first-order valence-corrected chi connectivity index (χ1v) is 6.17. The first-order valence-electron chi connectivity index (χ1n) is 5.80. The Bertz CT molecular complexity index is 614. The van der Waals surface area contributed by atoms with Gasteiger partial charge in [0.15, 0.2) is 16.6 Å². The van der Waals surface area contributed by atoms with Gasteiger partial charge in [-0.1, -0.05) is 25.4 Å². The molecule has 1 aliphatic carbocycles. The average Bonchev–Trinajstić information content (AvgIpc) is 2.72. The lowest BCUT2D eigenvalue weighted by molar-refractivity contribution is 0.599. The largest absolute Gasteiger partial charge is 0.195 e. The molecule has 1 unspecified atom stereocenters. The van der Waals surface area contributed by atoms with E-state index in [9.17, 15) is 0 Å². The van der Waals surface area contributed by atoms with E-state index in [1.54, 1.807) is 0 Å². The molecule has 1 atom stereocenters. The van der Waals surface area contributed by atoms with Gasteiger partial charge in [0, 0.05) is 11.5 Å². The van der Waals surface area contributed by atoms with Crippen LogP contribution in [0.2, 0.25) is 5.15 Å². The minimum atomic E-state index is 0.315. The van der Waals surface area contributed by atoms with Gasteiger partial charge >= 0.3 is 0 Å². The Hall–Kier alpha value is -1.16. The zero-order valence-electron chi connectivity index (χ0n) is 10.5. The van der Waals surface area contributed by atoms with Crippen molar-refractivity contribution >= 4 is 17.2 Å². The van der Waals surface area contributed by atoms with Crippen LogP contribution in [0.1, 0.15) is 43.1 Å². The summed E-state index contributed by atoms with van der Waals surface area (Å²) in [5.41, 5.74) is 3.18. The second-order valence-electron chi connectivity index (χ2n) is 5.58. The maximum Gasteiger partial charge on any atom is 0.181 e. The second kappa shape index (κ2) is 3.19. The summed E-state index contributed by atoms with van der Waals surface area (Å²) in [4.78, 5) is 0. The molecular weight excluding hydrogens is 236 g/mol. The molecule has 90 valence electrons. The van der Waals surface area contributed by atoms with Crippen molar-refractivity contribution in [2.45, 2.75) is 40.0 Å². The standard InChI is InChI=1S/C12H15ClN4/c1-6-7(2)10-14-15-11(8-5-12(8,3)4)17(10)16-9(6)13/h8H,5H2,1-4H3. The van der Waals surface area contributed by atoms with Crippen molar-refractivity contribution < 1.29 is 0 Å². The molecule has 2 aromatic rings. The van der Waals surface area contributed by atoms with Gasteiger partial charge in [0.2, 0.25) is 0 Å². The van der Waals surface area contributed by atoms with Crippen molar-refractivity contribution in [1.29, 1.82) is 0 Å². The fraction of sp³-hybridized carbons (Fsp3) is 0.583. The number of hydrogen-bond acceptors (Lipinski definition) is 3. The van der Waals surface area contributed by atoms with E-state index in [0.29, 0.717) is 16.5 Å². The fourth-order valence-electron chi connectivity index (χ4n) is 2.23. The van der Waals surface area contributed by atoms with Gasteiger partial charge in [-0.25, -0.2) is 0 Å². The number of nitrogens with zero attached hydrogens (tertiary/aromatic N) is 4. The summed E-state index contributed by atoms with van der Waals surface area (Å²) in [6, 6.07) is 0. The van der Waals surface area contributed by atoms with Crippen molar-refractivity contribution in [2.75, 3.05) is 0 Å². The van der Waals surface area contributed by atoms with Crippen LogP contribution in [-0.4, -0.2) is 19.8 Å². The molecule has 17 heavy (non-hydrogen) atoms. The van der Waals surface area contributed by atoms with E-state index < -0.39 is 0 Å². The lowest BCUT2D eigenvalue weighted by Gasteiger charge is -2.05. The monoisotopic (exact) mass is 250 g/mol. The van der Waals surface area contributed by atoms with Crippen LogP contribution >= 0.6 is 11.6 Å². The average molecular weight is 251 g/mol. The number of hydrogen-bond donors (Lipinski definition) is 0. The van der Waals surface area contributed by atoms with Gasteiger partial charge in [0.05, 0.1) is 0 Å². The van der Waals surface area contributed by atoms with Crippen LogP contribution in [0.25, 0.3) is 5.65 Å². The van der Waals surface area contributed by atoms with E-state index in [1.165, 1.54) is 0 Å². The highest BCUT2D eigenvalue weighted by Gasteiger charge is 2.49. The van der Waals surface area contributed by atoms with Crippen LogP contribution in [0.4, 0.5) is 0 Å². The Kier molecular flexibility index (Phi) is 2.06. The first kappa shape index (κ1) is 11.0. The molecule has 4 nitrogen and oxygen atoms in total. The quantitative estimate of drug-likeness (QED) is 0.782. The highest BCUT2D eigenvalue weighted by atomic mass is 35.5. The summed E-state index contributed by atoms with van der Waals surface area (Å²) < 4.78 is 1.81. The van der Waals surface area contributed by atoms with Crippen LogP contribution in [-0.2, 0) is 0 Å². The summed E-state index contributed by atoms with van der Waals surface area (Å²) >= 11 is 6.13. The fourth-order valence-corrected chi connectivity index (χ4v) is 2.45. The minimum absolute atomic E-state index is 0.315. The number of halogens is 1. The van der Waals surface area contributed by atoms with E-state index in [2.05, 4.69) is 29.1 Å².